The van der Waals surface area contributed by atoms with Crippen molar-refractivity contribution in [1.29, 1.82) is 0 Å². The Labute approximate surface area is 121 Å². The molecule has 0 aliphatic carbocycles. The van der Waals surface area contributed by atoms with Gasteiger partial charge in [0, 0.05) is 49.2 Å². The van der Waals surface area contributed by atoms with Gasteiger partial charge in [-0.15, -0.1) is 0 Å². The summed E-state index contributed by atoms with van der Waals surface area (Å²) in [5.41, 5.74) is 3.87. The number of amides is 1. The van der Waals surface area contributed by atoms with Crippen molar-refractivity contribution >= 4 is 22.6 Å². The Balaban J connectivity index is 2.18. The molecule has 0 aromatic carbocycles. The van der Waals surface area contributed by atoms with Gasteiger partial charge in [-0.05, 0) is 18.2 Å². The maximum Gasteiger partial charge on any atom is 0.251 e. The van der Waals surface area contributed by atoms with Gasteiger partial charge in [0.25, 0.3) is 5.91 Å². The molecule has 0 aliphatic rings. The van der Waals surface area contributed by atoms with Gasteiger partial charge in [-0.1, -0.05) is 0 Å². The molecule has 3 aromatic heterocycles. The Bertz CT molecular complexity index is 809. The molecule has 106 valence electrons. The van der Waals surface area contributed by atoms with Crippen molar-refractivity contribution in [1.82, 2.24) is 20.3 Å². The third kappa shape index (κ3) is 2.20. The van der Waals surface area contributed by atoms with E-state index in [4.69, 9.17) is 0 Å². The molecular formula is C15H15N5O. The Morgan fingerprint density at radius 2 is 2.10 bits per heavy atom. The molecule has 0 saturated heterocycles. The zero-order chi connectivity index (χ0) is 14.8. The molecule has 0 fully saturated rings. The molecule has 0 bridgehead atoms. The lowest BCUT2D eigenvalue weighted by molar-refractivity contribution is 0.0963. The molecule has 21 heavy (non-hydrogen) atoms. The summed E-state index contributed by atoms with van der Waals surface area (Å²) >= 11 is 0. The van der Waals surface area contributed by atoms with Gasteiger partial charge in [-0.2, -0.15) is 0 Å². The number of aromatic nitrogens is 3. The second-order valence-electron chi connectivity index (χ2n) is 4.55. The maximum atomic E-state index is 11.7. The number of pyridine rings is 2. The van der Waals surface area contributed by atoms with Crippen molar-refractivity contribution in [3.8, 4) is 11.3 Å². The molecule has 3 rings (SSSR count). The lowest BCUT2D eigenvalue weighted by Crippen LogP contribution is -2.17. The standard InChI is InChI=1S/C15H15N5O/c1-16-13-10-4-6-19-14(10)20-8-11(13)12-7-9(3-5-18-12)15(21)17-2/h3-8H,1-2H3,(H,17,21)(H2,16,19,20). The molecule has 0 radical (unpaired) electrons. The minimum atomic E-state index is -0.139. The number of nitrogens with one attached hydrogen (secondary N) is 3. The predicted molar refractivity (Wildman–Crippen MR) is 82.3 cm³/mol. The molecule has 0 unspecified atom stereocenters. The first-order valence-corrected chi connectivity index (χ1v) is 6.57. The van der Waals surface area contributed by atoms with Crippen LogP contribution in [0.5, 0.6) is 0 Å². The van der Waals surface area contributed by atoms with Crippen molar-refractivity contribution in [2.45, 2.75) is 0 Å². The molecule has 6 heteroatoms. The molecule has 3 aromatic rings. The van der Waals surface area contributed by atoms with E-state index in [0.717, 1.165) is 22.3 Å². The summed E-state index contributed by atoms with van der Waals surface area (Å²) in [6.45, 7) is 0. The van der Waals surface area contributed by atoms with E-state index >= 15 is 0 Å². The maximum absolute atomic E-state index is 11.7. The molecule has 1 amide bonds. The van der Waals surface area contributed by atoms with Crippen LogP contribution in [0.2, 0.25) is 0 Å². The Kier molecular flexibility index (Phi) is 3.27. The highest BCUT2D eigenvalue weighted by Crippen LogP contribution is 2.32. The number of fused-ring (bicyclic) bond motifs is 1. The highest BCUT2D eigenvalue weighted by atomic mass is 16.1. The minimum absolute atomic E-state index is 0.139. The smallest absolute Gasteiger partial charge is 0.251 e. The third-order valence-electron chi connectivity index (χ3n) is 3.36. The summed E-state index contributed by atoms with van der Waals surface area (Å²) in [4.78, 5) is 23.6. The van der Waals surface area contributed by atoms with Crippen LogP contribution in [0.15, 0.2) is 36.8 Å². The van der Waals surface area contributed by atoms with E-state index in [1.54, 1.807) is 31.6 Å². The fourth-order valence-electron chi connectivity index (χ4n) is 2.33. The summed E-state index contributed by atoms with van der Waals surface area (Å²) < 4.78 is 0. The number of nitrogens with zero attached hydrogens (tertiary/aromatic N) is 2. The number of H-pyrrole nitrogens is 1. The molecule has 0 spiro atoms. The number of carbonyl (C=O) groups excluding carboxylic acids is 1. The molecule has 0 saturated carbocycles. The third-order valence-corrected chi connectivity index (χ3v) is 3.36. The number of rotatable bonds is 3. The van der Waals surface area contributed by atoms with Gasteiger partial charge < -0.3 is 15.6 Å². The van der Waals surface area contributed by atoms with Crippen LogP contribution in [0.3, 0.4) is 0 Å². The fourth-order valence-corrected chi connectivity index (χ4v) is 2.33. The predicted octanol–water partition coefficient (Wildman–Crippen LogP) is 2.03. The average molecular weight is 281 g/mol. The van der Waals surface area contributed by atoms with Gasteiger partial charge in [0.05, 0.1) is 11.4 Å². The van der Waals surface area contributed by atoms with E-state index in [1.165, 1.54) is 0 Å². The van der Waals surface area contributed by atoms with Crippen LogP contribution in [0, 0.1) is 0 Å². The SMILES string of the molecule is CNC(=O)c1ccnc(-c2cnc3[nH]ccc3c2NC)c1. The van der Waals surface area contributed by atoms with E-state index in [1.807, 2.05) is 19.3 Å². The highest BCUT2D eigenvalue weighted by molar-refractivity contribution is 5.99. The quantitative estimate of drug-likeness (QED) is 0.686. The van der Waals surface area contributed by atoms with Gasteiger partial charge in [0.2, 0.25) is 0 Å². The van der Waals surface area contributed by atoms with Crippen LogP contribution in [-0.2, 0) is 0 Å². The Morgan fingerprint density at radius 1 is 1.24 bits per heavy atom. The van der Waals surface area contributed by atoms with Crippen molar-refractivity contribution in [3.05, 3.63) is 42.4 Å². The first kappa shape index (κ1) is 13.1. The first-order valence-electron chi connectivity index (χ1n) is 6.57. The zero-order valence-electron chi connectivity index (χ0n) is 11.8. The largest absolute Gasteiger partial charge is 0.387 e. The van der Waals surface area contributed by atoms with E-state index in [2.05, 4.69) is 25.6 Å². The van der Waals surface area contributed by atoms with Crippen molar-refractivity contribution in [3.63, 3.8) is 0 Å². The topological polar surface area (TPSA) is 82.7 Å². The van der Waals surface area contributed by atoms with Crippen molar-refractivity contribution < 1.29 is 4.79 Å². The highest BCUT2D eigenvalue weighted by Gasteiger charge is 2.13. The lowest BCUT2D eigenvalue weighted by atomic mass is 10.1. The normalized spacial score (nSPS) is 10.6. The van der Waals surface area contributed by atoms with E-state index in [0.29, 0.717) is 11.3 Å². The van der Waals surface area contributed by atoms with E-state index in [9.17, 15) is 4.79 Å². The van der Waals surface area contributed by atoms with Crippen LogP contribution < -0.4 is 10.6 Å². The van der Waals surface area contributed by atoms with E-state index < -0.39 is 0 Å². The minimum Gasteiger partial charge on any atom is -0.387 e. The number of carbonyl (C=O) groups is 1. The number of hydrogen-bond acceptors (Lipinski definition) is 4. The van der Waals surface area contributed by atoms with Crippen molar-refractivity contribution in [2.24, 2.45) is 0 Å². The number of aromatic amines is 1. The summed E-state index contributed by atoms with van der Waals surface area (Å²) in [5.74, 6) is -0.139. The second kappa shape index (κ2) is 5.24. The van der Waals surface area contributed by atoms with Gasteiger partial charge >= 0.3 is 0 Å². The second-order valence-corrected chi connectivity index (χ2v) is 4.55. The molecule has 0 aliphatic heterocycles. The lowest BCUT2D eigenvalue weighted by Gasteiger charge is -2.10. The fraction of sp³-hybridized carbons (Fsp3) is 0.133. The van der Waals surface area contributed by atoms with Crippen molar-refractivity contribution in [2.75, 3.05) is 19.4 Å². The van der Waals surface area contributed by atoms with Gasteiger partial charge in [-0.25, -0.2) is 4.98 Å². The number of hydrogen-bond donors (Lipinski definition) is 3. The number of anilines is 1. The summed E-state index contributed by atoms with van der Waals surface area (Å²) in [6, 6.07) is 5.40. The first-order chi connectivity index (χ1) is 10.2. The molecule has 3 heterocycles. The Morgan fingerprint density at radius 3 is 2.86 bits per heavy atom. The molecule has 3 N–H and O–H groups in total. The monoisotopic (exact) mass is 281 g/mol. The van der Waals surface area contributed by atoms with E-state index in [-0.39, 0.29) is 5.91 Å². The van der Waals surface area contributed by atoms with Crippen LogP contribution in [0.4, 0.5) is 5.69 Å². The van der Waals surface area contributed by atoms with Crippen LogP contribution in [-0.4, -0.2) is 35.0 Å². The summed E-state index contributed by atoms with van der Waals surface area (Å²) in [6.07, 6.45) is 5.22. The zero-order valence-corrected chi connectivity index (χ0v) is 11.8. The van der Waals surface area contributed by atoms with Crippen LogP contribution in [0.1, 0.15) is 10.4 Å². The average Bonchev–Trinajstić information content (AvgIpc) is 3.01. The molecule has 0 atom stereocenters. The van der Waals surface area contributed by atoms with Crippen LogP contribution >= 0.6 is 0 Å². The van der Waals surface area contributed by atoms with Crippen LogP contribution in [0.25, 0.3) is 22.3 Å². The summed E-state index contributed by atoms with van der Waals surface area (Å²) in [5, 5.41) is 6.78. The molecule has 6 nitrogen and oxygen atoms in total. The molecular weight excluding hydrogens is 266 g/mol. The Hall–Kier alpha value is -2.89. The summed E-state index contributed by atoms with van der Waals surface area (Å²) in [7, 11) is 3.46. The van der Waals surface area contributed by atoms with Gasteiger partial charge in [-0.3, -0.25) is 9.78 Å². The van der Waals surface area contributed by atoms with Gasteiger partial charge in [0.15, 0.2) is 0 Å². The van der Waals surface area contributed by atoms with Gasteiger partial charge in [0.1, 0.15) is 5.65 Å².